The molecule has 0 bridgehead atoms. The van der Waals surface area contributed by atoms with Crippen molar-refractivity contribution >= 4 is 28.2 Å². The van der Waals surface area contributed by atoms with Crippen molar-refractivity contribution in [2.75, 3.05) is 5.73 Å². The van der Waals surface area contributed by atoms with E-state index >= 15 is 0 Å². The minimum absolute atomic E-state index is 0.639. The molecule has 1 aromatic heterocycles. The molecule has 0 aliphatic heterocycles. The van der Waals surface area contributed by atoms with Crippen LogP contribution < -0.4 is 5.73 Å². The highest BCUT2D eigenvalue weighted by Crippen LogP contribution is 2.28. The molecule has 0 atom stereocenters. The molecule has 0 spiro atoms. The molecule has 2 rings (SSSR count). The third kappa shape index (κ3) is 2.49. The number of thioether (sulfide) groups is 1. The standard InChI is InChI=1S/C10H10N2S2/c11-10-12-6-9(14-10)13-7-8-4-2-1-3-5-8/h1-6H,7H2,(H2,11,12). The van der Waals surface area contributed by atoms with Crippen LogP contribution in [0, 0.1) is 0 Å². The van der Waals surface area contributed by atoms with Crippen molar-refractivity contribution in [1.29, 1.82) is 0 Å². The molecule has 0 saturated carbocycles. The van der Waals surface area contributed by atoms with Crippen LogP contribution in [0.15, 0.2) is 40.7 Å². The molecular formula is C10H10N2S2. The van der Waals surface area contributed by atoms with Crippen LogP contribution in [0.3, 0.4) is 0 Å². The van der Waals surface area contributed by atoms with Crippen molar-refractivity contribution in [1.82, 2.24) is 4.98 Å². The lowest BCUT2D eigenvalue weighted by Crippen LogP contribution is -1.77. The number of hydrogen-bond donors (Lipinski definition) is 1. The van der Waals surface area contributed by atoms with Gasteiger partial charge in [-0.1, -0.05) is 41.7 Å². The Morgan fingerprint density at radius 2 is 2.07 bits per heavy atom. The third-order valence-electron chi connectivity index (χ3n) is 1.73. The molecular weight excluding hydrogens is 212 g/mol. The van der Waals surface area contributed by atoms with Crippen LogP contribution >= 0.6 is 23.1 Å². The van der Waals surface area contributed by atoms with E-state index in [-0.39, 0.29) is 0 Å². The summed E-state index contributed by atoms with van der Waals surface area (Å²) >= 11 is 3.31. The molecule has 2 N–H and O–H groups in total. The molecule has 1 aromatic carbocycles. The van der Waals surface area contributed by atoms with Gasteiger partial charge in [-0.3, -0.25) is 0 Å². The third-order valence-corrected chi connectivity index (χ3v) is 3.82. The predicted octanol–water partition coefficient (Wildman–Crippen LogP) is 3.02. The van der Waals surface area contributed by atoms with Crippen LogP contribution in [-0.4, -0.2) is 4.98 Å². The first-order valence-corrected chi connectivity index (χ1v) is 6.03. The number of anilines is 1. The molecule has 0 saturated heterocycles. The van der Waals surface area contributed by atoms with E-state index in [1.165, 1.54) is 21.1 Å². The average molecular weight is 222 g/mol. The fourth-order valence-electron chi connectivity index (χ4n) is 1.07. The summed E-state index contributed by atoms with van der Waals surface area (Å²) in [6, 6.07) is 10.4. The van der Waals surface area contributed by atoms with Gasteiger partial charge in [-0.15, -0.1) is 11.8 Å². The SMILES string of the molecule is Nc1ncc(SCc2ccccc2)s1. The molecule has 0 amide bonds. The van der Waals surface area contributed by atoms with Gasteiger partial charge < -0.3 is 5.73 Å². The first kappa shape index (κ1) is 9.55. The number of nitrogens with two attached hydrogens (primary N) is 1. The van der Waals surface area contributed by atoms with E-state index in [4.69, 9.17) is 5.73 Å². The maximum absolute atomic E-state index is 5.54. The maximum atomic E-state index is 5.54. The highest BCUT2D eigenvalue weighted by molar-refractivity contribution is 8.00. The van der Waals surface area contributed by atoms with E-state index in [9.17, 15) is 0 Å². The molecule has 2 nitrogen and oxygen atoms in total. The topological polar surface area (TPSA) is 38.9 Å². The molecule has 0 aliphatic carbocycles. The van der Waals surface area contributed by atoms with Crippen molar-refractivity contribution in [2.24, 2.45) is 0 Å². The molecule has 2 aromatic rings. The zero-order valence-corrected chi connectivity index (χ0v) is 9.15. The van der Waals surface area contributed by atoms with Gasteiger partial charge >= 0.3 is 0 Å². The van der Waals surface area contributed by atoms with Gasteiger partial charge in [0.15, 0.2) is 5.13 Å². The Bertz CT molecular complexity index is 398. The van der Waals surface area contributed by atoms with E-state index in [1.807, 2.05) is 12.3 Å². The molecule has 0 fully saturated rings. The van der Waals surface area contributed by atoms with Crippen LogP contribution in [0.4, 0.5) is 5.13 Å². The smallest absolute Gasteiger partial charge is 0.181 e. The lowest BCUT2D eigenvalue weighted by molar-refractivity contribution is 1.36. The molecule has 14 heavy (non-hydrogen) atoms. The van der Waals surface area contributed by atoms with Gasteiger partial charge in [0.2, 0.25) is 0 Å². The first-order valence-electron chi connectivity index (χ1n) is 4.22. The lowest BCUT2D eigenvalue weighted by Gasteiger charge is -1.97. The number of hydrogen-bond acceptors (Lipinski definition) is 4. The van der Waals surface area contributed by atoms with Gasteiger partial charge in [0.1, 0.15) is 0 Å². The summed E-state index contributed by atoms with van der Waals surface area (Å²) in [5.74, 6) is 0.975. The second-order valence-corrected chi connectivity index (χ2v) is 5.13. The Kier molecular flexibility index (Phi) is 3.06. The summed E-state index contributed by atoms with van der Waals surface area (Å²) in [6.07, 6.45) is 1.83. The van der Waals surface area contributed by atoms with Crippen LogP contribution in [0.5, 0.6) is 0 Å². The zero-order valence-electron chi connectivity index (χ0n) is 7.51. The van der Waals surface area contributed by atoms with E-state index in [0.717, 1.165) is 5.75 Å². The second kappa shape index (κ2) is 4.48. The van der Waals surface area contributed by atoms with Crippen LogP contribution in [0.25, 0.3) is 0 Å². The lowest BCUT2D eigenvalue weighted by atomic mass is 10.2. The van der Waals surface area contributed by atoms with Gasteiger partial charge in [-0.2, -0.15) is 0 Å². The number of nitrogens with zero attached hydrogens (tertiary/aromatic N) is 1. The Labute approximate surface area is 91.2 Å². The Morgan fingerprint density at radius 3 is 2.71 bits per heavy atom. The quantitative estimate of drug-likeness (QED) is 0.811. The maximum Gasteiger partial charge on any atom is 0.181 e. The Balaban J connectivity index is 1.95. The minimum atomic E-state index is 0.639. The normalized spacial score (nSPS) is 10.3. The van der Waals surface area contributed by atoms with Crippen molar-refractivity contribution in [3.63, 3.8) is 0 Å². The summed E-state index contributed by atoms with van der Waals surface area (Å²) in [5.41, 5.74) is 6.87. The number of nitrogen functional groups attached to an aromatic ring is 1. The fraction of sp³-hybridized carbons (Fsp3) is 0.100. The highest BCUT2D eigenvalue weighted by Gasteiger charge is 1.99. The van der Waals surface area contributed by atoms with Crippen molar-refractivity contribution in [3.05, 3.63) is 42.1 Å². The molecule has 4 heteroatoms. The molecule has 0 radical (unpaired) electrons. The zero-order chi connectivity index (χ0) is 9.80. The predicted molar refractivity (Wildman–Crippen MR) is 62.5 cm³/mol. The number of benzene rings is 1. The second-order valence-electron chi connectivity index (χ2n) is 2.79. The Hall–Kier alpha value is -1.00. The van der Waals surface area contributed by atoms with Gasteiger partial charge in [0.05, 0.1) is 10.4 Å². The number of rotatable bonds is 3. The van der Waals surface area contributed by atoms with Crippen molar-refractivity contribution in [2.45, 2.75) is 9.96 Å². The molecule has 0 aliphatic rings. The van der Waals surface area contributed by atoms with Gasteiger partial charge in [-0.05, 0) is 5.56 Å². The van der Waals surface area contributed by atoms with Crippen molar-refractivity contribution < 1.29 is 0 Å². The van der Waals surface area contributed by atoms with Crippen LogP contribution in [0.2, 0.25) is 0 Å². The van der Waals surface area contributed by atoms with E-state index in [0.29, 0.717) is 5.13 Å². The van der Waals surface area contributed by atoms with Gasteiger partial charge in [-0.25, -0.2) is 4.98 Å². The molecule has 72 valence electrons. The summed E-state index contributed by atoms with van der Waals surface area (Å²) in [7, 11) is 0. The summed E-state index contributed by atoms with van der Waals surface area (Å²) in [5, 5.41) is 0.639. The number of thiazole rings is 1. The van der Waals surface area contributed by atoms with Crippen molar-refractivity contribution in [3.8, 4) is 0 Å². The van der Waals surface area contributed by atoms with Gasteiger partial charge in [0.25, 0.3) is 0 Å². The van der Waals surface area contributed by atoms with Crippen LogP contribution in [-0.2, 0) is 5.75 Å². The molecule has 1 heterocycles. The molecule has 0 unspecified atom stereocenters. The fourth-order valence-corrected chi connectivity index (χ4v) is 2.78. The highest BCUT2D eigenvalue weighted by atomic mass is 32.2. The van der Waals surface area contributed by atoms with E-state index in [2.05, 4.69) is 29.2 Å². The number of aromatic nitrogens is 1. The van der Waals surface area contributed by atoms with Crippen LogP contribution in [0.1, 0.15) is 5.56 Å². The summed E-state index contributed by atoms with van der Waals surface area (Å²) < 4.78 is 1.17. The average Bonchev–Trinajstić information content (AvgIpc) is 2.63. The van der Waals surface area contributed by atoms with E-state index < -0.39 is 0 Å². The minimum Gasteiger partial charge on any atom is -0.375 e. The largest absolute Gasteiger partial charge is 0.375 e. The monoisotopic (exact) mass is 222 g/mol. The summed E-state index contributed by atoms with van der Waals surface area (Å²) in [4.78, 5) is 4.00. The summed E-state index contributed by atoms with van der Waals surface area (Å²) in [6.45, 7) is 0. The Morgan fingerprint density at radius 1 is 1.29 bits per heavy atom. The van der Waals surface area contributed by atoms with E-state index in [1.54, 1.807) is 11.8 Å². The first-order chi connectivity index (χ1) is 6.84. The van der Waals surface area contributed by atoms with Gasteiger partial charge in [0, 0.05) is 5.75 Å².